The van der Waals surface area contributed by atoms with Crippen molar-refractivity contribution in [2.75, 3.05) is 26.2 Å². The van der Waals surface area contributed by atoms with Gasteiger partial charge in [-0.15, -0.1) is 0 Å². The number of hydrogen-bond donors (Lipinski definition) is 1. The van der Waals surface area contributed by atoms with Crippen LogP contribution in [-0.2, 0) is 4.74 Å². The average Bonchev–Trinajstić information content (AvgIpc) is 2.47. The molecule has 21 heavy (non-hydrogen) atoms. The molecule has 1 unspecified atom stereocenters. The van der Waals surface area contributed by atoms with Crippen molar-refractivity contribution in [2.24, 2.45) is 5.73 Å². The second-order valence-corrected chi connectivity index (χ2v) is 6.44. The summed E-state index contributed by atoms with van der Waals surface area (Å²) in [6, 6.07) is 15.4. The van der Waals surface area contributed by atoms with Crippen LogP contribution in [0.15, 0.2) is 42.5 Å². The average molecular weight is 284 g/mol. The monoisotopic (exact) mass is 284 g/mol. The van der Waals surface area contributed by atoms with Crippen LogP contribution >= 0.6 is 0 Å². The molecule has 3 rings (SSSR count). The van der Waals surface area contributed by atoms with Crippen molar-refractivity contribution in [3.8, 4) is 0 Å². The molecule has 112 valence electrons. The van der Waals surface area contributed by atoms with Gasteiger partial charge in [-0.25, -0.2) is 0 Å². The van der Waals surface area contributed by atoms with E-state index in [2.05, 4.69) is 61.2 Å². The lowest BCUT2D eigenvalue weighted by Gasteiger charge is -2.42. The summed E-state index contributed by atoms with van der Waals surface area (Å²) < 4.78 is 5.81. The third-order valence-electron chi connectivity index (χ3n) is 4.28. The minimum Gasteiger partial charge on any atom is -0.373 e. The smallest absolute Gasteiger partial charge is 0.0753 e. The number of fused-ring (bicyclic) bond motifs is 1. The molecule has 0 aromatic heterocycles. The number of morpholine rings is 1. The first-order valence-corrected chi connectivity index (χ1v) is 7.66. The molecule has 2 N–H and O–H groups in total. The lowest BCUT2D eigenvalue weighted by atomic mass is 9.98. The molecule has 3 heteroatoms. The van der Waals surface area contributed by atoms with Crippen LogP contribution in [0.2, 0.25) is 0 Å². The normalized spacial score (nSPS) is 20.5. The van der Waals surface area contributed by atoms with Gasteiger partial charge < -0.3 is 10.5 Å². The summed E-state index contributed by atoms with van der Waals surface area (Å²) in [6.45, 7) is 7.56. The Labute approximate surface area is 126 Å². The third kappa shape index (κ3) is 3.10. The van der Waals surface area contributed by atoms with Crippen molar-refractivity contribution < 1.29 is 4.74 Å². The van der Waals surface area contributed by atoms with Crippen molar-refractivity contribution in [1.29, 1.82) is 0 Å². The second-order valence-electron chi connectivity index (χ2n) is 6.44. The predicted octanol–water partition coefficient (Wildman–Crippen LogP) is 2.95. The number of benzene rings is 2. The third-order valence-corrected chi connectivity index (χ3v) is 4.28. The molecular formula is C18H24N2O. The van der Waals surface area contributed by atoms with Crippen molar-refractivity contribution in [2.45, 2.75) is 25.5 Å². The summed E-state index contributed by atoms with van der Waals surface area (Å²) in [7, 11) is 0. The summed E-state index contributed by atoms with van der Waals surface area (Å²) in [6.07, 6.45) is 0. The topological polar surface area (TPSA) is 38.5 Å². The Morgan fingerprint density at radius 3 is 2.67 bits per heavy atom. The fraction of sp³-hybridized carbons (Fsp3) is 0.444. The van der Waals surface area contributed by atoms with Crippen molar-refractivity contribution >= 4 is 10.8 Å². The minimum absolute atomic E-state index is 0.0947. The van der Waals surface area contributed by atoms with Gasteiger partial charge in [-0.1, -0.05) is 36.4 Å². The van der Waals surface area contributed by atoms with Crippen molar-refractivity contribution in [3.05, 3.63) is 48.0 Å². The van der Waals surface area contributed by atoms with E-state index in [9.17, 15) is 0 Å². The van der Waals surface area contributed by atoms with Gasteiger partial charge in [0.2, 0.25) is 0 Å². The van der Waals surface area contributed by atoms with Crippen LogP contribution in [-0.4, -0.2) is 36.7 Å². The number of ether oxygens (including phenoxy) is 1. The second kappa shape index (κ2) is 5.76. The Morgan fingerprint density at radius 1 is 1.19 bits per heavy atom. The first-order chi connectivity index (χ1) is 10.1. The van der Waals surface area contributed by atoms with Crippen LogP contribution in [0.4, 0.5) is 0 Å². The maximum absolute atomic E-state index is 6.09. The van der Waals surface area contributed by atoms with Crippen LogP contribution < -0.4 is 5.73 Å². The molecule has 0 saturated carbocycles. The Bertz CT molecular complexity index is 623. The van der Waals surface area contributed by atoms with Gasteiger partial charge in [0.15, 0.2) is 0 Å². The quantitative estimate of drug-likeness (QED) is 0.942. The van der Waals surface area contributed by atoms with Gasteiger partial charge in [0.1, 0.15) is 0 Å². The van der Waals surface area contributed by atoms with E-state index in [1.807, 2.05) is 0 Å². The number of nitrogens with two attached hydrogens (primary N) is 1. The highest BCUT2D eigenvalue weighted by atomic mass is 16.5. The van der Waals surface area contributed by atoms with Gasteiger partial charge in [0.25, 0.3) is 0 Å². The fourth-order valence-electron chi connectivity index (χ4n) is 3.23. The highest BCUT2D eigenvalue weighted by molar-refractivity contribution is 5.83. The first-order valence-electron chi connectivity index (χ1n) is 7.66. The van der Waals surface area contributed by atoms with E-state index < -0.39 is 0 Å². The zero-order valence-electron chi connectivity index (χ0n) is 12.9. The van der Waals surface area contributed by atoms with Gasteiger partial charge in [-0.2, -0.15) is 0 Å². The lowest BCUT2D eigenvalue weighted by molar-refractivity contribution is -0.0967. The van der Waals surface area contributed by atoms with Crippen molar-refractivity contribution in [1.82, 2.24) is 4.90 Å². The van der Waals surface area contributed by atoms with E-state index in [1.165, 1.54) is 16.3 Å². The molecule has 1 saturated heterocycles. The van der Waals surface area contributed by atoms with Gasteiger partial charge in [-0.3, -0.25) is 4.90 Å². The molecule has 1 aliphatic rings. The van der Waals surface area contributed by atoms with Crippen LogP contribution in [0.5, 0.6) is 0 Å². The zero-order chi connectivity index (χ0) is 14.9. The molecule has 2 aromatic carbocycles. The zero-order valence-corrected chi connectivity index (χ0v) is 12.9. The van der Waals surface area contributed by atoms with Crippen LogP contribution in [0, 0.1) is 0 Å². The van der Waals surface area contributed by atoms with Crippen molar-refractivity contribution in [3.63, 3.8) is 0 Å². The fourth-order valence-corrected chi connectivity index (χ4v) is 3.23. The molecule has 2 aromatic rings. The molecule has 1 fully saturated rings. The lowest BCUT2D eigenvalue weighted by Crippen LogP contribution is -2.50. The summed E-state index contributed by atoms with van der Waals surface area (Å²) in [5, 5.41) is 2.56. The standard InChI is InChI=1S/C18H24N2O/c1-18(2)13-20(9-10-21-18)17(12-19)16-8-7-14-5-3-4-6-15(14)11-16/h3-8,11,17H,9-10,12-13,19H2,1-2H3. The molecule has 0 spiro atoms. The van der Waals surface area contributed by atoms with E-state index in [0.717, 1.165) is 19.7 Å². The molecule has 0 bridgehead atoms. The number of nitrogens with zero attached hydrogens (tertiary/aromatic N) is 1. The molecular weight excluding hydrogens is 260 g/mol. The summed E-state index contributed by atoms with van der Waals surface area (Å²) in [5.41, 5.74) is 7.29. The maximum atomic E-state index is 6.09. The van der Waals surface area contributed by atoms with Crippen LogP contribution in [0.3, 0.4) is 0 Å². The SMILES string of the molecule is CC1(C)CN(C(CN)c2ccc3ccccc3c2)CCO1. The van der Waals surface area contributed by atoms with Gasteiger partial charge >= 0.3 is 0 Å². The largest absolute Gasteiger partial charge is 0.373 e. The van der Waals surface area contributed by atoms with Gasteiger partial charge in [-0.05, 0) is 36.2 Å². The van der Waals surface area contributed by atoms with Crippen LogP contribution in [0.1, 0.15) is 25.5 Å². The van der Waals surface area contributed by atoms with E-state index >= 15 is 0 Å². The Balaban J connectivity index is 1.90. The number of rotatable bonds is 3. The molecule has 1 heterocycles. The Kier molecular flexibility index (Phi) is 3.98. The summed E-state index contributed by atoms with van der Waals surface area (Å²) in [5.74, 6) is 0. The summed E-state index contributed by atoms with van der Waals surface area (Å²) >= 11 is 0. The summed E-state index contributed by atoms with van der Waals surface area (Å²) in [4.78, 5) is 2.45. The van der Waals surface area contributed by atoms with E-state index in [4.69, 9.17) is 10.5 Å². The molecule has 0 radical (unpaired) electrons. The highest BCUT2D eigenvalue weighted by Gasteiger charge is 2.31. The molecule has 0 aliphatic carbocycles. The van der Waals surface area contributed by atoms with E-state index in [1.54, 1.807) is 0 Å². The van der Waals surface area contributed by atoms with Crippen LogP contribution in [0.25, 0.3) is 10.8 Å². The predicted molar refractivity (Wildman–Crippen MR) is 87.3 cm³/mol. The highest BCUT2D eigenvalue weighted by Crippen LogP contribution is 2.28. The molecule has 0 amide bonds. The van der Waals surface area contributed by atoms with Gasteiger partial charge in [0.05, 0.1) is 12.2 Å². The van der Waals surface area contributed by atoms with Gasteiger partial charge in [0, 0.05) is 25.7 Å². The Morgan fingerprint density at radius 2 is 1.95 bits per heavy atom. The minimum atomic E-state index is -0.0947. The maximum Gasteiger partial charge on any atom is 0.0753 e. The van der Waals surface area contributed by atoms with E-state index in [-0.39, 0.29) is 11.6 Å². The van der Waals surface area contributed by atoms with E-state index in [0.29, 0.717) is 6.54 Å². The molecule has 3 nitrogen and oxygen atoms in total. The number of hydrogen-bond acceptors (Lipinski definition) is 3. The molecule has 1 atom stereocenters. The molecule has 1 aliphatic heterocycles. The Hall–Kier alpha value is -1.42. The first kappa shape index (κ1) is 14.5.